The standard InChI is InChI=1S/C36H49F4N5O3/c1-20(2)45-29(16-17-41-45)35(47)43-31(30(23-10-6-4-7-11-23)24-12-8-5-9-13-24)36(48)42-28-19-26(22-14-15-22)25(18-27(28)37)21(3)34(46)44-33(40)32(38)39/h16-24,30-33H,4-15H2,1-3H3,(H,42,48)(H,43,47)(H,44,46)/t21?,31-,33?/m0/s1. The van der Waals surface area contributed by atoms with E-state index >= 15 is 4.39 Å². The molecule has 1 aromatic heterocycles. The minimum atomic E-state index is -3.39. The molecular weight excluding hydrogens is 626 g/mol. The zero-order chi connectivity index (χ0) is 34.5. The predicted octanol–water partition coefficient (Wildman–Crippen LogP) is 7.77. The summed E-state index contributed by atoms with van der Waals surface area (Å²) < 4.78 is 56.6. The van der Waals surface area contributed by atoms with Crippen molar-refractivity contribution in [2.75, 3.05) is 5.32 Å². The number of carbonyl (C=O) groups is 3. The molecule has 3 saturated carbocycles. The molecule has 264 valence electrons. The maximum atomic E-state index is 15.9. The Kier molecular flexibility index (Phi) is 11.8. The van der Waals surface area contributed by atoms with E-state index in [4.69, 9.17) is 0 Å². The SMILES string of the molecule is CC(C(=O)NC(F)C(F)F)c1cc(F)c(NC(=O)[C@@H](NC(=O)c2ccnn2C(C)C)C(C2CCCCC2)C2CCCCC2)cc1C1CC1. The fourth-order valence-corrected chi connectivity index (χ4v) is 7.92. The quantitative estimate of drug-likeness (QED) is 0.149. The Balaban J connectivity index is 1.47. The Morgan fingerprint density at radius 1 is 0.833 bits per heavy atom. The first kappa shape index (κ1) is 35.9. The lowest BCUT2D eigenvalue weighted by Crippen LogP contribution is -2.53. The average Bonchev–Trinajstić information content (AvgIpc) is 3.79. The van der Waals surface area contributed by atoms with Crippen molar-refractivity contribution in [1.29, 1.82) is 0 Å². The Bertz CT molecular complexity index is 1410. The second-order valence-electron chi connectivity index (χ2n) is 14.3. The summed E-state index contributed by atoms with van der Waals surface area (Å²) in [5, 5.41) is 11.9. The first-order valence-electron chi connectivity index (χ1n) is 17.7. The number of amides is 3. The predicted molar refractivity (Wildman–Crippen MR) is 175 cm³/mol. The number of nitrogens with zero attached hydrogens (tertiary/aromatic N) is 2. The molecule has 0 spiro atoms. The minimum absolute atomic E-state index is 0.00757. The lowest BCUT2D eigenvalue weighted by molar-refractivity contribution is -0.126. The van der Waals surface area contributed by atoms with E-state index in [1.54, 1.807) is 22.3 Å². The van der Waals surface area contributed by atoms with Crippen molar-refractivity contribution in [3.8, 4) is 0 Å². The van der Waals surface area contributed by atoms with Gasteiger partial charge in [0.05, 0.1) is 11.6 Å². The molecule has 8 nitrogen and oxygen atoms in total. The summed E-state index contributed by atoms with van der Waals surface area (Å²) in [7, 11) is 0. The Morgan fingerprint density at radius 3 is 1.98 bits per heavy atom. The van der Waals surface area contributed by atoms with Crippen LogP contribution in [0.2, 0.25) is 0 Å². The van der Waals surface area contributed by atoms with Crippen LogP contribution >= 0.6 is 0 Å². The van der Waals surface area contributed by atoms with Gasteiger partial charge in [0.1, 0.15) is 17.6 Å². The van der Waals surface area contributed by atoms with Crippen LogP contribution in [0.25, 0.3) is 0 Å². The van der Waals surface area contributed by atoms with Gasteiger partial charge in [-0.25, -0.2) is 17.6 Å². The number of benzene rings is 1. The molecule has 0 bridgehead atoms. The van der Waals surface area contributed by atoms with Gasteiger partial charge < -0.3 is 16.0 Å². The molecule has 48 heavy (non-hydrogen) atoms. The molecule has 5 rings (SSSR count). The number of nitrogens with one attached hydrogen (secondary N) is 3. The van der Waals surface area contributed by atoms with Gasteiger partial charge in [-0.2, -0.15) is 5.10 Å². The van der Waals surface area contributed by atoms with E-state index in [-0.39, 0.29) is 41.0 Å². The zero-order valence-electron chi connectivity index (χ0n) is 28.1. The highest BCUT2D eigenvalue weighted by Gasteiger charge is 2.42. The van der Waals surface area contributed by atoms with Crippen molar-refractivity contribution >= 4 is 23.4 Å². The van der Waals surface area contributed by atoms with E-state index < -0.39 is 48.2 Å². The molecule has 1 aromatic carbocycles. The summed E-state index contributed by atoms with van der Waals surface area (Å²) in [6, 6.07) is 3.27. The number of anilines is 1. The molecule has 2 aromatic rings. The zero-order valence-corrected chi connectivity index (χ0v) is 28.1. The smallest absolute Gasteiger partial charge is 0.287 e. The van der Waals surface area contributed by atoms with Gasteiger partial charge in [0.2, 0.25) is 18.1 Å². The average molecular weight is 676 g/mol. The van der Waals surface area contributed by atoms with E-state index in [2.05, 4.69) is 15.7 Å². The van der Waals surface area contributed by atoms with Gasteiger partial charge in [-0.3, -0.25) is 19.1 Å². The summed E-state index contributed by atoms with van der Waals surface area (Å²) in [6.07, 6.45) is 7.25. The minimum Gasteiger partial charge on any atom is -0.339 e. The molecule has 0 radical (unpaired) electrons. The molecule has 0 aliphatic heterocycles. The molecule has 0 saturated heterocycles. The van der Waals surface area contributed by atoms with Crippen molar-refractivity contribution in [2.24, 2.45) is 17.8 Å². The van der Waals surface area contributed by atoms with Crippen molar-refractivity contribution in [1.82, 2.24) is 20.4 Å². The summed E-state index contributed by atoms with van der Waals surface area (Å²) in [4.78, 5) is 40.9. The molecule has 3 atom stereocenters. The van der Waals surface area contributed by atoms with Crippen molar-refractivity contribution in [2.45, 2.75) is 134 Å². The Labute approximate surface area is 280 Å². The topological polar surface area (TPSA) is 105 Å². The van der Waals surface area contributed by atoms with Crippen LogP contribution in [0.1, 0.15) is 137 Å². The molecule has 2 unspecified atom stereocenters. The molecule has 3 amide bonds. The summed E-state index contributed by atoms with van der Waals surface area (Å²) in [5.41, 5.74) is 1.14. The maximum absolute atomic E-state index is 15.9. The van der Waals surface area contributed by atoms with Gasteiger partial charge >= 0.3 is 0 Å². The van der Waals surface area contributed by atoms with E-state index in [1.165, 1.54) is 13.0 Å². The summed E-state index contributed by atoms with van der Waals surface area (Å²) in [6.45, 7) is 5.26. The van der Waals surface area contributed by atoms with Crippen LogP contribution in [0.15, 0.2) is 24.4 Å². The number of aromatic nitrogens is 2. The number of hydrogen-bond acceptors (Lipinski definition) is 4. The first-order valence-corrected chi connectivity index (χ1v) is 17.7. The van der Waals surface area contributed by atoms with Gasteiger partial charge in [0.15, 0.2) is 0 Å². The van der Waals surface area contributed by atoms with Crippen LogP contribution in [0.4, 0.5) is 23.2 Å². The molecule has 3 aliphatic rings. The first-order chi connectivity index (χ1) is 23.0. The fraction of sp³-hybridized carbons (Fsp3) is 0.667. The number of rotatable bonds is 13. The summed E-state index contributed by atoms with van der Waals surface area (Å²) in [5.74, 6) is -3.48. The van der Waals surface area contributed by atoms with Crippen molar-refractivity contribution in [3.63, 3.8) is 0 Å². The molecule has 3 fully saturated rings. The number of hydrogen-bond donors (Lipinski definition) is 3. The Morgan fingerprint density at radius 2 is 1.44 bits per heavy atom. The fourth-order valence-electron chi connectivity index (χ4n) is 7.92. The summed E-state index contributed by atoms with van der Waals surface area (Å²) >= 11 is 0. The van der Waals surface area contributed by atoms with Gasteiger partial charge in [0.25, 0.3) is 12.3 Å². The lowest BCUT2D eigenvalue weighted by atomic mass is 9.66. The highest BCUT2D eigenvalue weighted by atomic mass is 19.3. The maximum Gasteiger partial charge on any atom is 0.287 e. The van der Waals surface area contributed by atoms with Gasteiger partial charge in [-0.15, -0.1) is 0 Å². The van der Waals surface area contributed by atoms with Gasteiger partial charge in [-0.1, -0.05) is 64.2 Å². The molecule has 12 heteroatoms. The van der Waals surface area contributed by atoms with Crippen LogP contribution in [0.5, 0.6) is 0 Å². The van der Waals surface area contributed by atoms with Gasteiger partial charge in [-0.05, 0) is 86.6 Å². The Hall–Kier alpha value is -3.44. The van der Waals surface area contributed by atoms with Crippen molar-refractivity contribution in [3.05, 3.63) is 47.0 Å². The molecule has 3 aliphatic carbocycles. The second kappa shape index (κ2) is 15.8. The van der Waals surface area contributed by atoms with E-state index in [0.29, 0.717) is 11.3 Å². The molecule has 3 N–H and O–H groups in total. The number of alkyl halides is 3. The van der Waals surface area contributed by atoms with Crippen LogP contribution in [-0.4, -0.2) is 46.3 Å². The van der Waals surface area contributed by atoms with Gasteiger partial charge in [0, 0.05) is 12.2 Å². The van der Waals surface area contributed by atoms with Crippen LogP contribution < -0.4 is 16.0 Å². The highest BCUT2D eigenvalue weighted by molar-refractivity contribution is 6.01. The molecule has 1 heterocycles. The molecular formula is C36H49F4N5O3. The van der Waals surface area contributed by atoms with E-state index in [1.807, 2.05) is 13.8 Å². The third-order valence-electron chi connectivity index (χ3n) is 10.5. The second-order valence-corrected chi connectivity index (χ2v) is 14.3. The highest BCUT2D eigenvalue weighted by Crippen LogP contribution is 2.46. The van der Waals surface area contributed by atoms with Crippen LogP contribution in [0, 0.1) is 23.6 Å². The normalized spacial score (nSPS) is 19.7. The largest absolute Gasteiger partial charge is 0.339 e. The van der Waals surface area contributed by atoms with Crippen molar-refractivity contribution < 1.29 is 31.9 Å². The number of carbonyl (C=O) groups excluding carboxylic acids is 3. The van der Waals surface area contributed by atoms with E-state index in [0.717, 1.165) is 83.1 Å². The third-order valence-corrected chi connectivity index (χ3v) is 10.5. The number of halogens is 4. The third kappa shape index (κ3) is 8.40. The monoisotopic (exact) mass is 675 g/mol. The lowest BCUT2D eigenvalue weighted by Gasteiger charge is -2.42. The van der Waals surface area contributed by atoms with Crippen LogP contribution in [0.3, 0.4) is 0 Å². The van der Waals surface area contributed by atoms with E-state index in [9.17, 15) is 27.6 Å². The van der Waals surface area contributed by atoms with Crippen LogP contribution in [-0.2, 0) is 9.59 Å².